The number of anilines is 1. The Morgan fingerprint density at radius 3 is 2.85 bits per heavy atom. The molecule has 1 N–H and O–H groups in total. The van der Waals surface area contributed by atoms with Gasteiger partial charge in [-0.25, -0.2) is 4.98 Å². The molecule has 0 aliphatic carbocycles. The Balaban J connectivity index is 2.56. The highest BCUT2D eigenvalue weighted by molar-refractivity contribution is 7.13. The zero-order valence-corrected chi connectivity index (χ0v) is 8.97. The van der Waals surface area contributed by atoms with Gasteiger partial charge in [-0.15, -0.1) is 11.3 Å². The van der Waals surface area contributed by atoms with Gasteiger partial charge in [0.2, 0.25) is 0 Å². The van der Waals surface area contributed by atoms with E-state index in [-0.39, 0.29) is 6.61 Å². The van der Waals surface area contributed by atoms with Crippen molar-refractivity contribution in [3.63, 3.8) is 0 Å². The Morgan fingerprint density at radius 2 is 2.38 bits per heavy atom. The van der Waals surface area contributed by atoms with Crippen molar-refractivity contribution >= 4 is 16.5 Å². The predicted octanol–water partition coefficient (Wildman–Crippen LogP) is 1.66. The summed E-state index contributed by atoms with van der Waals surface area (Å²) in [5.41, 5.74) is 1.07. The molecule has 1 aromatic heterocycles. The molecule has 0 fully saturated rings. The molecule has 3 nitrogen and oxygen atoms in total. The van der Waals surface area contributed by atoms with Crippen LogP contribution in [0.25, 0.3) is 0 Å². The molecule has 1 heterocycles. The maximum absolute atomic E-state index is 8.72. The number of nitrogens with zero attached hydrogens (tertiary/aromatic N) is 2. The number of hydrogen-bond donors (Lipinski definition) is 1. The predicted molar refractivity (Wildman–Crippen MR) is 56.4 cm³/mol. The van der Waals surface area contributed by atoms with Gasteiger partial charge in [0.15, 0.2) is 5.13 Å². The van der Waals surface area contributed by atoms with E-state index in [2.05, 4.69) is 22.2 Å². The third-order valence-electron chi connectivity index (χ3n) is 1.85. The Hall–Kier alpha value is -0.610. The number of hydrogen-bond acceptors (Lipinski definition) is 4. The number of aromatic nitrogens is 1. The number of thiazole rings is 1. The molecule has 0 aromatic carbocycles. The highest BCUT2D eigenvalue weighted by atomic mass is 32.1. The van der Waals surface area contributed by atoms with E-state index >= 15 is 0 Å². The van der Waals surface area contributed by atoms with Gasteiger partial charge >= 0.3 is 0 Å². The van der Waals surface area contributed by atoms with Crippen LogP contribution in [0.4, 0.5) is 5.13 Å². The number of aliphatic hydroxyl groups excluding tert-OH is 1. The smallest absolute Gasteiger partial charge is 0.185 e. The van der Waals surface area contributed by atoms with Crippen LogP contribution in [0.1, 0.15) is 19.0 Å². The lowest BCUT2D eigenvalue weighted by molar-refractivity contribution is 0.289. The topological polar surface area (TPSA) is 36.4 Å². The number of aliphatic hydroxyl groups is 1. The molecule has 0 radical (unpaired) electrons. The maximum Gasteiger partial charge on any atom is 0.185 e. The van der Waals surface area contributed by atoms with Gasteiger partial charge in [0.25, 0.3) is 0 Å². The van der Waals surface area contributed by atoms with Gasteiger partial charge in [-0.3, -0.25) is 0 Å². The summed E-state index contributed by atoms with van der Waals surface area (Å²) in [4.78, 5) is 6.59. The van der Waals surface area contributed by atoms with Crippen LogP contribution in [0, 0.1) is 6.92 Å². The molecule has 0 unspecified atom stereocenters. The minimum absolute atomic E-state index is 0.251. The SMILES string of the molecule is CCN(CCCO)c1nc(C)cs1. The van der Waals surface area contributed by atoms with Gasteiger partial charge in [-0.2, -0.15) is 0 Å². The van der Waals surface area contributed by atoms with Crippen molar-refractivity contribution in [3.8, 4) is 0 Å². The lowest BCUT2D eigenvalue weighted by Crippen LogP contribution is -2.24. The standard InChI is InChI=1S/C9H16N2OS/c1-3-11(5-4-6-12)9-10-8(2)7-13-9/h7,12H,3-6H2,1-2H3. The fourth-order valence-electron chi connectivity index (χ4n) is 1.14. The highest BCUT2D eigenvalue weighted by Gasteiger charge is 2.06. The minimum atomic E-state index is 0.251. The van der Waals surface area contributed by atoms with Crippen molar-refractivity contribution in [1.29, 1.82) is 0 Å². The fourth-order valence-corrected chi connectivity index (χ4v) is 2.03. The van der Waals surface area contributed by atoms with Crippen LogP contribution in [-0.4, -0.2) is 29.8 Å². The van der Waals surface area contributed by atoms with Crippen LogP contribution >= 0.6 is 11.3 Å². The summed E-state index contributed by atoms with van der Waals surface area (Å²) < 4.78 is 0. The number of aryl methyl sites for hydroxylation is 1. The summed E-state index contributed by atoms with van der Waals surface area (Å²) in [7, 11) is 0. The van der Waals surface area contributed by atoms with E-state index < -0.39 is 0 Å². The molecule has 0 aliphatic heterocycles. The fraction of sp³-hybridized carbons (Fsp3) is 0.667. The molecule has 0 atom stereocenters. The first kappa shape index (κ1) is 10.5. The van der Waals surface area contributed by atoms with E-state index in [1.54, 1.807) is 11.3 Å². The van der Waals surface area contributed by atoms with Gasteiger partial charge in [0.05, 0.1) is 5.69 Å². The molecule has 1 rings (SSSR count). The summed E-state index contributed by atoms with van der Waals surface area (Å²) in [6, 6.07) is 0. The molecule has 0 saturated heterocycles. The van der Waals surface area contributed by atoms with E-state index in [0.29, 0.717) is 0 Å². The van der Waals surface area contributed by atoms with Gasteiger partial charge in [0.1, 0.15) is 0 Å². The van der Waals surface area contributed by atoms with Crippen molar-refractivity contribution in [2.24, 2.45) is 0 Å². The van der Waals surface area contributed by atoms with Crippen molar-refractivity contribution < 1.29 is 5.11 Å². The number of rotatable bonds is 5. The van der Waals surface area contributed by atoms with E-state index in [1.165, 1.54) is 0 Å². The van der Waals surface area contributed by atoms with Crippen LogP contribution in [0.5, 0.6) is 0 Å². The average Bonchev–Trinajstić information content (AvgIpc) is 2.54. The second kappa shape index (κ2) is 5.19. The highest BCUT2D eigenvalue weighted by Crippen LogP contribution is 2.19. The van der Waals surface area contributed by atoms with Gasteiger partial charge < -0.3 is 10.0 Å². The molecule has 0 bridgehead atoms. The second-order valence-electron chi connectivity index (χ2n) is 2.93. The Kier molecular flexibility index (Phi) is 4.18. The van der Waals surface area contributed by atoms with Crippen LogP contribution in [0.3, 0.4) is 0 Å². The summed E-state index contributed by atoms with van der Waals surface area (Å²) in [5, 5.41) is 11.8. The monoisotopic (exact) mass is 200 g/mol. The first-order chi connectivity index (χ1) is 6.27. The Labute approximate surface area is 83.0 Å². The van der Waals surface area contributed by atoms with Crippen molar-refractivity contribution in [3.05, 3.63) is 11.1 Å². The van der Waals surface area contributed by atoms with Crippen LogP contribution in [0.2, 0.25) is 0 Å². The minimum Gasteiger partial charge on any atom is -0.396 e. The van der Waals surface area contributed by atoms with Crippen LogP contribution < -0.4 is 4.90 Å². The van der Waals surface area contributed by atoms with E-state index in [1.807, 2.05) is 6.92 Å². The maximum atomic E-state index is 8.72. The summed E-state index contributed by atoms with van der Waals surface area (Å²) in [6.45, 7) is 6.20. The van der Waals surface area contributed by atoms with Crippen molar-refractivity contribution in [2.45, 2.75) is 20.3 Å². The van der Waals surface area contributed by atoms with Gasteiger partial charge in [0, 0.05) is 25.1 Å². The second-order valence-corrected chi connectivity index (χ2v) is 3.76. The van der Waals surface area contributed by atoms with Crippen molar-refractivity contribution in [1.82, 2.24) is 4.98 Å². The normalized spacial score (nSPS) is 10.4. The Bertz CT molecular complexity index is 250. The van der Waals surface area contributed by atoms with Crippen LogP contribution in [0.15, 0.2) is 5.38 Å². The quantitative estimate of drug-likeness (QED) is 0.785. The average molecular weight is 200 g/mol. The third-order valence-corrected chi connectivity index (χ3v) is 2.86. The molecule has 0 saturated carbocycles. The van der Waals surface area contributed by atoms with E-state index in [9.17, 15) is 0 Å². The third kappa shape index (κ3) is 2.97. The molecule has 0 spiro atoms. The first-order valence-electron chi connectivity index (χ1n) is 4.56. The lowest BCUT2D eigenvalue weighted by Gasteiger charge is -2.18. The van der Waals surface area contributed by atoms with Crippen LogP contribution in [-0.2, 0) is 0 Å². The summed E-state index contributed by atoms with van der Waals surface area (Å²) >= 11 is 1.67. The molecule has 4 heteroatoms. The molecule has 74 valence electrons. The molecule has 1 aromatic rings. The molecule has 13 heavy (non-hydrogen) atoms. The summed E-state index contributed by atoms with van der Waals surface area (Å²) in [5.74, 6) is 0. The lowest BCUT2D eigenvalue weighted by atomic mass is 10.4. The summed E-state index contributed by atoms with van der Waals surface area (Å²) in [6.07, 6.45) is 0.812. The van der Waals surface area contributed by atoms with E-state index in [4.69, 9.17) is 5.11 Å². The molecular formula is C9H16N2OS. The van der Waals surface area contributed by atoms with Crippen molar-refractivity contribution in [2.75, 3.05) is 24.6 Å². The van der Waals surface area contributed by atoms with E-state index in [0.717, 1.165) is 30.3 Å². The zero-order chi connectivity index (χ0) is 9.68. The zero-order valence-electron chi connectivity index (χ0n) is 8.16. The molecular weight excluding hydrogens is 184 g/mol. The van der Waals surface area contributed by atoms with Gasteiger partial charge in [-0.05, 0) is 20.3 Å². The molecule has 0 amide bonds. The Morgan fingerprint density at radius 1 is 1.62 bits per heavy atom. The molecule has 0 aliphatic rings. The first-order valence-corrected chi connectivity index (χ1v) is 5.43. The largest absolute Gasteiger partial charge is 0.396 e. The van der Waals surface area contributed by atoms with Gasteiger partial charge in [-0.1, -0.05) is 0 Å².